The second-order valence-electron chi connectivity index (χ2n) is 6.99. The fourth-order valence-corrected chi connectivity index (χ4v) is 5.35. The highest BCUT2D eigenvalue weighted by molar-refractivity contribution is 7.89. The van der Waals surface area contributed by atoms with Crippen molar-refractivity contribution < 1.29 is 22.6 Å². The van der Waals surface area contributed by atoms with Crippen LogP contribution in [0.5, 0.6) is 17.2 Å². The van der Waals surface area contributed by atoms with Crippen molar-refractivity contribution in [2.24, 2.45) is 0 Å². The van der Waals surface area contributed by atoms with Crippen LogP contribution >= 0.6 is 23.2 Å². The van der Waals surface area contributed by atoms with E-state index < -0.39 is 10.0 Å². The number of piperazine rings is 1. The summed E-state index contributed by atoms with van der Waals surface area (Å²) in [7, 11) is -3.35. The molecule has 0 radical (unpaired) electrons. The maximum atomic E-state index is 12.7. The molecule has 4 rings (SSSR count). The molecule has 10 heteroatoms. The van der Waals surface area contributed by atoms with E-state index in [1.165, 1.54) is 4.31 Å². The van der Waals surface area contributed by atoms with Gasteiger partial charge in [-0.2, -0.15) is 4.31 Å². The zero-order valence-electron chi connectivity index (χ0n) is 16.2. The number of sulfonamides is 1. The monoisotopic (exact) mass is 472 g/mol. The first kappa shape index (κ1) is 21.4. The summed E-state index contributed by atoms with van der Waals surface area (Å²) in [5, 5.41) is 0.989. The van der Waals surface area contributed by atoms with Crippen molar-refractivity contribution in [3.05, 3.63) is 46.4 Å². The smallest absolute Gasteiger partial charge is 0.231 e. The summed E-state index contributed by atoms with van der Waals surface area (Å²) in [4.78, 5) is 2.06. The number of anilines is 1. The third-order valence-corrected chi connectivity index (χ3v) is 7.83. The van der Waals surface area contributed by atoms with Crippen molar-refractivity contribution in [1.82, 2.24) is 4.31 Å². The van der Waals surface area contributed by atoms with E-state index in [2.05, 4.69) is 4.90 Å². The summed E-state index contributed by atoms with van der Waals surface area (Å²) in [6.45, 7) is 2.45. The van der Waals surface area contributed by atoms with Crippen LogP contribution < -0.4 is 19.1 Å². The van der Waals surface area contributed by atoms with Gasteiger partial charge in [0, 0.05) is 32.2 Å². The van der Waals surface area contributed by atoms with Gasteiger partial charge in [-0.1, -0.05) is 29.3 Å². The van der Waals surface area contributed by atoms with Gasteiger partial charge in [0.05, 0.1) is 28.1 Å². The van der Waals surface area contributed by atoms with Gasteiger partial charge >= 0.3 is 0 Å². The fourth-order valence-electron chi connectivity index (χ4n) is 3.47. The van der Waals surface area contributed by atoms with Crippen molar-refractivity contribution in [3.8, 4) is 17.2 Å². The van der Waals surface area contributed by atoms with E-state index in [-0.39, 0.29) is 12.5 Å². The Bertz CT molecular complexity index is 1010. The van der Waals surface area contributed by atoms with Gasteiger partial charge in [-0.05, 0) is 30.7 Å². The van der Waals surface area contributed by atoms with Crippen molar-refractivity contribution in [1.29, 1.82) is 0 Å². The Morgan fingerprint density at radius 2 is 1.77 bits per heavy atom. The molecule has 2 heterocycles. The molecule has 2 aromatic carbocycles. The maximum absolute atomic E-state index is 12.7. The molecular formula is C20H22Cl2N2O5S. The SMILES string of the molecule is O=S(=O)(CCCOc1ccc2c(c1)OCO2)N1CCN(c2cccc(Cl)c2Cl)CC1. The molecule has 0 aromatic heterocycles. The molecule has 0 amide bonds. The Kier molecular flexibility index (Phi) is 6.48. The molecule has 0 spiro atoms. The molecule has 0 saturated carbocycles. The number of hydrogen-bond acceptors (Lipinski definition) is 6. The first-order valence-electron chi connectivity index (χ1n) is 9.63. The Balaban J connectivity index is 1.25. The van der Waals surface area contributed by atoms with Crippen LogP contribution in [0.2, 0.25) is 10.0 Å². The lowest BCUT2D eigenvalue weighted by molar-refractivity contribution is 0.173. The lowest BCUT2D eigenvalue weighted by atomic mass is 10.2. The molecule has 0 atom stereocenters. The quantitative estimate of drug-likeness (QED) is 0.572. The second-order valence-corrected chi connectivity index (χ2v) is 9.87. The van der Waals surface area contributed by atoms with Gasteiger partial charge in [0.15, 0.2) is 11.5 Å². The molecule has 2 aliphatic rings. The first-order chi connectivity index (χ1) is 14.4. The minimum Gasteiger partial charge on any atom is -0.493 e. The van der Waals surface area contributed by atoms with E-state index in [9.17, 15) is 8.42 Å². The predicted molar refractivity (Wildman–Crippen MR) is 117 cm³/mol. The fraction of sp³-hybridized carbons (Fsp3) is 0.400. The van der Waals surface area contributed by atoms with Gasteiger partial charge in [-0.25, -0.2) is 8.42 Å². The molecule has 0 aliphatic carbocycles. The highest BCUT2D eigenvalue weighted by Crippen LogP contribution is 2.35. The van der Waals surface area contributed by atoms with Crippen molar-refractivity contribution in [3.63, 3.8) is 0 Å². The van der Waals surface area contributed by atoms with Crippen LogP contribution in [0.4, 0.5) is 5.69 Å². The zero-order chi connectivity index (χ0) is 21.1. The van der Waals surface area contributed by atoms with E-state index in [1.807, 2.05) is 12.1 Å². The number of fused-ring (bicyclic) bond motifs is 1. The first-order valence-corrected chi connectivity index (χ1v) is 12.0. The zero-order valence-corrected chi connectivity index (χ0v) is 18.5. The summed E-state index contributed by atoms with van der Waals surface area (Å²) in [5.41, 5.74) is 0.832. The van der Waals surface area contributed by atoms with Gasteiger partial charge in [0.2, 0.25) is 16.8 Å². The molecule has 0 unspecified atom stereocenters. The van der Waals surface area contributed by atoms with Crippen LogP contribution in [0.3, 0.4) is 0 Å². The number of nitrogens with zero attached hydrogens (tertiary/aromatic N) is 2. The third-order valence-electron chi connectivity index (χ3n) is 5.06. The van der Waals surface area contributed by atoms with Crippen LogP contribution in [-0.4, -0.2) is 58.1 Å². The molecule has 30 heavy (non-hydrogen) atoms. The highest BCUT2D eigenvalue weighted by Gasteiger charge is 2.27. The van der Waals surface area contributed by atoms with Crippen LogP contribution in [0.15, 0.2) is 36.4 Å². The molecule has 1 fully saturated rings. The number of halogens is 2. The highest BCUT2D eigenvalue weighted by atomic mass is 35.5. The third kappa shape index (κ3) is 4.72. The second kappa shape index (κ2) is 9.09. The van der Waals surface area contributed by atoms with Crippen molar-refractivity contribution in [2.45, 2.75) is 6.42 Å². The normalized spacial score (nSPS) is 16.7. The Morgan fingerprint density at radius 3 is 2.57 bits per heavy atom. The number of benzene rings is 2. The average molecular weight is 473 g/mol. The maximum Gasteiger partial charge on any atom is 0.231 e. The van der Waals surface area contributed by atoms with E-state index in [0.29, 0.717) is 66.5 Å². The van der Waals surface area contributed by atoms with Crippen LogP contribution in [0, 0.1) is 0 Å². The molecule has 2 aliphatic heterocycles. The molecule has 0 N–H and O–H groups in total. The van der Waals surface area contributed by atoms with Gasteiger partial charge in [-0.3, -0.25) is 0 Å². The van der Waals surface area contributed by atoms with Crippen molar-refractivity contribution >= 4 is 38.9 Å². The number of rotatable bonds is 7. The summed E-state index contributed by atoms with van der Waals surface area (Å²) in [6, 6.07) is 10.8. The van der Waals surface area contributed by atoms with E-state index in [4.69, 9.17) is 37.4 Å². The lowest BCUT2D eigenvalue weighted by Gasteiger charge is -2.35. The summed E-state index contributed by atoms with van der Waals surface area (Å²) < 4.78 is 43.1. The van der Waals surface area contributed by atoms with E-state index >= 15 is 0 Å². The summed E-state index contributed by atoms with van der Waals surface area (Å²) in [6.07, 6.45) is 0.400. The number of ether oxygens (including phenoxy) is 3. The molecule has 1 saturated heterocycles. The number of hydrogen-bond donors (Lipinski definition) is 0. The Hall–Kier alpha value is -1.87. The molecule has 162 valence electrons. The van der Waals surface area contributed by atoms with Crippen LogP contribution in [0.1, 0.15) is 6.42 Å². The standard InChI is InChI=1S/C20H22Cl2N2O5S/c21-16-3-1-4-17(20(16)22)23-7-9-24(10-8-23)30(25,26)12-2-11-27-15-5-6-18-19(13-15)29-14-28-18/h1,3-6,13H,2,7-12,14H2. The topological polar surface area (TPSA) is 68.3 Å². The minimum atomic E-state index is -3.35. The molecule has 2 aromatic rings. The summed E-state index contributed by atoms with van der Waals surface area (Å²) in [5.74, 6) is 1.99. The average Bonchev–Trinajstić information content (AvgIpc) is 3.21. The largest absolute Gasteiger partial charge is 0.493 e. The Labute approximate surface area is 186 Å². The van der Waals surface area contributed by atoms with Gasteiger partial charge in [0.1, 0.15) is 5.75 Å². The minimum absolute atomic E-state index is 0.0372. The summed E-state index contributed by atoms with van der Waals surface area (Å²) >= 11 is 12.4. The molecular weight excluding hydrogens is 451 g/mol. The van der Waals surface area contributed by atoms with Crippen molar-refractivity contribution in [2.75, 3.05) is 50.2 Å². The lowest BCUT2D eigenvalue weighted by Crippen LogP contribution is -2.49. The molecule has 0 bridgehead atoms. The predicted octanol–water partition coefficient (Wildman–Crippen LogP) is 3.64. The van der Waals surface area contributed by atoms with E-state index in [0.717, 1.165) is 5.69 Å². The van der Waals surface area contributed by atoms with Crippen LogP contribution in [-0.2, 0) is 10.0 Å². The van der Waals surface area contributed by atoms with Crippen LogP contribution in [0.25, 0.3) is 0 Å². The van der Waals surface area contributed by atoms with E-state index in [1.54, 1.807) is 24.3 Å². The van der Waals surface area contributed by atoms with Gasteiger partial charge in [0.25, 0.3) is 0 Å². The van der Waals surface area contributed by atoms with Gasteiger partial charge in [-0.15, -0.1) is 0 Å². The molecule has 7 nitrogen and oxygen atoms in total. The Morgan fingerprint density at radius 1 is 1.00 bits per heavy atom. The van der Waals surface area contributed by atoms with Gasteiger partial charge < -0.3 is 19.1 Å².